The number of ether oxygens (including phenoxy) is 3. The SMILES string of the molecule is CCCCN1C(=O)C(C)Oc2ccc(NC(=O)c3c(OC)cccc3OC)cc21. The van der Waals surface area contributed by atoms with Crippen LogP contribution in [0.15, 0.2) is 36.4 Å². The summed E-state index contributed by atoms with van der Waals surface area (Å²) in [5, 5.41) is 2.87. The number of nitrogens with zero attached hydrogens (tertiary/aromatic N) is 1. The topological polar surface area (TPSA) is 77.1 Å². The maximum Gasteiger partial charge on any atom is 0.267 e. The number of anilines is 2. The molecule has 0 fully saturated rings. The summed E-state index contributed by atoms with van der Waals surface area (Å²) in [5.41, 5.74) is 1.51. The molecule has 2 aromatic carbocycles. The molecule has 1 unspecified atom stereocenters. The van der Waals surface area contributed by atoms with E-state index in [9.17, 15) is 9.59 Å². The van der Waals surface area contributed by atoms with Gasteiger partial charge < -0.3 is 24.4 Å². The second kappa shape index (κ2) is 8.86. The number of carbonyl (C=O) groups excluding carboxylic acids is 2. The van der Waals surface area contributed by atoms with Gasteiger partial charge in [-0.15, -0.1) is 0 Å². The lowest BCUT2D eigenvalue weighted by atomic mass is 10.1. The van der Waals surface area contributed by atoms with E-state index in [1.807, 2.05) is 0 Å². The number of unbranched alkanes of at least 4 members (excludes halogenated alkanes) is 1. The Morgan fingerprint density at radius 3 is 2.48 bits per heavy atom. The zero-order valence-electron chi connectivity index (χ0n) is 17.2. The van der Waals surface area contributed by atoms with Crippen LogP contribution in [0, 0.1) is 0 Å². The van der Waals surface area contributed by atoms with Gasteiger partial charge in [0.25, 0.3) is 11.8 Å². The fourth-order valence-corrected chi connectivity index (χ4v) is 3.30. The summed E-state index contributed by atoms with van der Waals surface area (Å²) >= 11 is 0. The first kappa shape index (κ1) is 20.5. The monoisotopic (exact) mass is 398 g/mol. The molecular weight excluding hydrogens is 372 g/mol. The maximum absolute atomic E-state index is 12.9. The quantitative estimate of drug-likeness (QED) is 0.766. The van der Waals surface area contributed by atoms with E-state index in [2.05, 4.69) is 12.2 Å². The summed E-state index contributed by atoms with van der Waals surface area (Å²) < 4.78 is 16.3. The van der Waals surface area contributed by atoms with Gasteiger partial charge in [-0.1, -0.05) is 19.4 Å². The number of carbonyl (C=O) groups is 2. The predicted molar refractivity (Wildman–Crippen MR) is 111 cm³/mol. The molecule has 0 bridgehead atoms. The van der Waals surface area contributed by atoms with E-state index >= 15 is 0 Å². The molecule has 0 saturated carbocycles. The van der Waals surface area contributed by atoms with Crippen LogP contribution in [-0.2, 0) is 4.79 Å². The number of nitrogens with one attached hydrogen (secondary N) is 1. The Balaban J connectivity index is 1.91. The number of benzene rings is 2. The molecule has 29 heavy (non-hydrogen) atoms. The van der Waals surface area contributed by atoms with Gasteiger partial charge in [-0.25, -0.2) is 0 Å². The summed E-state index contributed by atoms with van der Waals surface area (Å²) in [6, 6.07) is 10.4. The standard InChI is InChI=1S/C22H26N2O5/c1-5-6-12-24-16-13-15(10-11-17(16)29-14(2)22(24)26)23-21(25)20-18(27-3)8-7-9-19(20)28-4/h7-11,13-14H,5-6,12H2,1-4H3,(H,23,25). The lowest BCUT2D eigenvalue weighted by molar-refractivity contribution is -0.125. The molecule has 7 heteroatoms. The van der Waals surface area contributed by atoms with Crippen LogP contribution in [0.5, 0.6) is 17.2 Å². The van der Waals surface area contributed by atoms with Gasteiger partial charge in [-0.2, -0.15) is 0 Å². The van der Waals surface area contributed by atoms with E-state index in [1.54, 1.807) is 48.2 Å². The van der Waals surface area contributed by atoms with Crippen molar-refractivity contribution in [3.8, 4) is 17.2 Å². The van der Waals surface area contributed by atoms with Gasteiger partial charge in [0.1, 0.15) is 22.8 Å². The Morgan fingerprint density at radius 1 is 1.17 bits per heavy atom. The molecule has 3 rings (SSSR count). The molecule has 1 aliphatic rings. The Kier molecular flexibility index (Phi) is 6.26. The molecule has 0 aromatic heterocycles. The Morgan fingerprint density at radius 2 is 1.86 bits per heavy atom. The summed E-state index contributed by atoms with van der Waals surface area (Å²) in [6.45, 7) is 4.42. The van der Waals surface area contributed by atoms with E-state index in [1.165, 1.54) is 14.2 Å². The zero-order chi connectivity index (χ0) is 21.0. The van der Waals surface area contributed by atoms with Crippen molar-refractivity contribution >= 4 is 23.2 Å². The molecule has 0 saturated heterocycles. The molecule has 7 nitrogen and oxygen atoms in total. The van der Waals surface area contributed by atoms with E-state index in [4.69, 9.17) is 14.2 Å². The molecule has 0 radical (unpaired) electrons. The predicted octanol–water partition coefficient (Wildman–Crippen LogP) is 3.87. The molecule has 1 aliphatic heterocycles. The third kappa shape index (κ3) is 4.13. The van der Waals surface area contributed by atoms with Gasteiger partial charge >= 0.3 is 0 Å². The summed E-state index contributed by atoms with van der Waals surface area (Å²) in [5.74, 6) is 1.01. The molecule has 2 amide bonds. The molecule has 1 atom stereocenters. The van der Waals surface area contributed by atoms with E-state index in [0.717, 1.165) is 12.8 Å². The van der Waals surface area contributed by atoms with Crippen LogP contribution in [0.3, 0.4) is 0 Å². The van der Waals surface area contributed by atoms with Crippen LogP contribution in [0.25, 0.3) is 0 Å². The highest BCUT2D eigenvalue weighted by molar-refractivity contribution is 6.09. The van der Waals surface area contributed by atoms with Gasteiger partial charge in [0.15, 0.2) is 6.10 Å². The van der Waals surface area contributed by atoms with Crippen molar-refractivity contribution in [2.75, 3.05) is 31.0 Å². The Bertz CT molecular complexity index is 890. The van der Waals surface area contributed by atoms with Crippen molar-refractivity contribution in [1.29, 1.82) is 0 Å². The number of methoxy groups -OCH3 is 2. The fraction of sp³-hybridized carbons (Fsp3) is 0.364. The molecule has 0 aliphatic carbocycles. The Hall–Kier alpha value is -3.22. The summed E-state index contributed by atoms with van der Waals surface area (Å²) in [6.07, 6.45) is 1.32. The Labute approximate surface area is 170 Å². The van der Waals surface area contributed by atoms with E-state index in [-0.39, 0.29) is 11.8 Å². The van der Waals surface area contributed by atoms with Crippen LogP contribution < -0.4 is 24.4 Å². The van der Waals surface area contributed by atoms with Crippen molar-refractivity contribution in [3.63, 3.8) is 0 Å². The molecule has 0 spiro atoms. The average Bonchev–Trinajstić information content (AvgIpc) is 2.73. The molecular formula is C22H26N2O5. The number of rotatable bonds is 7. The fourth-order valence-electron chi connectivity index (χ4n) is 3.30. The second-order valence-corrected chi connectivity index (χ2v) is 6.78. The first-order valence-corrected chi connectivity index (χ1v) is 9.64. The lowest BCUT2D eigenvalue weighted by Crippen LogP contribution is -2.44. The van der Waals surface area contributed by atoms with Crippen molar-refractivity contribution in [1.82, 2.24) is 0 Å². The second-order valence-electron chi connectivity index (χ2n) is 6.78. The van der Waals surface area contributed by atoms with Crippen molar-refractivity contribution in [3.05, 3.63) is 42.0 Å². The average molecular weight is 398 g/mol. The molecule has 154 valence electrons. The third-order valence-electron chi connectivity index (χ3n) is 4.82. The minimum atomic E-state index is -0.530. The van der Waals surface area contributed by atoms with Gasteiger partial charge in [0.2, 0.25) is 0 Å². The summed E-state index contributed by atoms with van der Waals surface area (Å²) in [4.78, 5) is 27.3. The molecule has 1 heterocycles. The van der Waals surface area contributed by atoms with Crippen molar-refractivity contribution < 1.29 is 23.8 Å². The largest absolute Gasteiger partial charge is 0.496 e. The van der Waals surface area contributed by atoms with E-state index in [0.29, 0.717) is 40.7 Å². The minimum Gasteiger partial charge on any atom is -0.496 e. The van der Waals surface area contributed by atoms with Crippen LogP contribution in [-0.4, -0.2) is 38.7 Å². The minimum absolute atomic E-state index is 0.0826. The van der Waals surface area contributed by atoms with Gasteiger partial charge in [0, 0.05) is 12.2 Å². The first-order valence-electron chi connectivity index (χ1n) is 9.64. The number of amides is 2. The number of hydrogen-bond donors (Lipinski definition) is 1. The highest BCUT2D eigenvalue weighted by atomic mass is 16.5. The normalized spacial score (nSPS) is 15.4. The summed E-state index contributed by atoms with van der Waals surface area (Å²) in [7, 11) is 3.00. The van der Waals surface area contributed by atoms with Crippen LogP contribution in [0.4, 0.5) is 11.4 Å². The van der Waals surface area contributed by atoms with Gasteiger partial charge in [0.05, 0.1) is 19.9 Å². The molecule has 1 N–H and O–H groups in total. The first-order chi connectivity index (χ1) is 14.0. The smallest absolute Gasteiger partial charge is 0.267 e. The van der Waals surface area contributed by atoms with Crippen LogP contribution in [0.1, 0.15) is 37.0 Å². The number of fused-ring (bicyclic) bond motifs is 1. The molecule has 2 aromatic rings. The van der Waals surface area contributed by atoms with Crippen LogP contribution >= 0.6 is 0 Å². The van der Waals surface area contributed by atoms with Crippen molar-refractivity contribution in [2.45, 2.75) is 32.8 Å². The number of hydrogen-bond acceptors (Lipinski definition) is 5. The third-order valence-corrected chi connectivity index (χ3v) is 4.82. The highest BCUT2D eigenvalue weighted by Gasteiger charge is 2.31. The van der Waals surface area contributed by atoms with Crippen molar-refractivity contribution in [2.24, 2.45) is 0 Å². The maximum atomic E-state index is 12.9. The van der Waals surface area contributed by atoms with E-state index < -0.39 is 6.10 Å². The highest BCUT2D eigenvalue weighted by Crippen LogP contribution is 2.37. The van der Waals surface area contributed by atoms with Crippen LogP contribution in [0.2, 0.25) is 0 Å². The zero-order valence-corrected chi connectivity index (χ0v) is 17.2. The van der Waals surface area contributed by atoms with Gasteiger partial charge in [-0.3, -0.25) is 9.59 Å². The van der Waals surface area contributed by atoms with Gasteiger partial charge in [-0.05, 0) is 43.7 Å². The lowest BCUT2D eigenvalue weighted by Gasteiger charge is -2.33.